The molecule has 2 rings (SSSR count). The first-order valence-corrected chi connectivity index (χ1v) is 8.14. The number of aromatic nitrogens is 1. The average molecular weight is 432 g/mol. The van der Waals surface area contributed by atoms with Gasteiger partial charge in [0.15, 0.2) is 5.96 Å². The second kappa shape index (κ2) is 10.6. The zero-order valence-corrected chi connectivity index (χ0v) is 16.7. The van der Waals surface area contributed by atoms with Gasteiger partial charge in [-0.1, -0.05) is 6.07 Å². The summed E-state index contributed by atoms with van der Waals surface area (Å²) in [5.74, 6) is 1.94. The standard InChI is InChI=1S/C16H28N6.HI/c1-4-17-16(18-5-2)20-13-14-7-6-8-19-15(14)22-11-9-21(3)10-12-22;/h6-8H,4-5,9-13H2,1-3H3,(H2,17,18,20);1H. The summed E-state index contributed by atoms with van der Waals surface area (Å²) in [4.78, 5) is 14.0. The quantitative estimate of drug-likeness (QED) is 0.420. The first kappa shape index (κ1) is 20.0. The fourth-order valence-corrected chi connectivity index (χ4v) is 2.53. The summed E-state index contributed by atoms with van der Waals surface area (Å²) in [6.07, 6.45) is 1.87. The molecule has 1 aliphatic rings. The van der Waals surface area contributed by atoms with E-state index in [2.05, 4.69) is 57.4 Å². The Morgan fingerprint density at radius 3 is 2.43 bits per heavy atom. The molecule has 0 spiro atoms. The lowest BCUT2D eigenvalue weighted by atomic mass is 10.2. The highest BCUT2D eigenvalue weighted by atomic mass is 127. The summed E-state index contributed by atoms with van der Waals surface area (Å²) >= 11 is 0. The Bertz CT molecular complexity index is 477. The Hall–Kier alpha value is -1.09. The Balaban J connectivity index is 0.00000264. The highest BCUT2D eigenvalue weighted by molar-refractivity contribution is 14.0. The van der Waals surface area contributed by atoms with E-state index in [4.69, 9.17) is 0 Å². The number of piperazine rings is 1. The summed E-state index contributed by atoms with van der Waals surface area (Å²) in [7, 11) is 2.17. The van der Waals surface area contributed by atoms with E-state index in [0.29, 0.717) is 6.54 Å². The molecule has 0 aromatic carbocycles. The molecule has 7 heteroatoms. The molecule has 0 amide bonds. The maximum Gasteiger partial charge on any atom is 0.191 e. The molecule has 130 valence electrons. The van der Waals surface area contributed by atoms with Gasteiger partial charge in [-0.15, -0.1) is 24.0 Å². The van der Waals surface area contributed by atoms with Gasteiger partial charge in [-0.05, 0) is 27.0 Å². The lowest BCUT2D eigenvalue weighted by molar-refractivity contribution is 0.312. The van der Waals surface area contributed by atoms with Gasteiger partial charge in [-0.3, -0.25) is 0 Å². The van der Waals surface area contributed by atoms with Crippen molar-refractivity contribution in [2.45, 2.75) is 20.4 Å². The van der Waals surface area contributed by atoms with Crippen LogP contribution in [-0.4, -0.2) is 62.2 Å². The van der Waals surface area contributed by atoms with E-state index < -0.39 is 0 Å². The maximum atomic E-state index is 4.66. The van der Waals surface area contributed by atoms with E-state index in [1.54, 1.807) is 0 Å². The zero-order valence-electron chi connectivity index (χ0n) is 14.4. The van der Waals surface area contributed by atoms with Crippen LogP contribution in [0.25, 0.3) is 0 Å². The first-order valence-electron chi connectivity index (χ1n) is 8.14. The third-order valence-electron chi connectivity index (χ3n) is 3.77. The molecule has 1 saturated heterocycles. The number of nitrogens with one attached hydrogen (secondary N) is 2. The van der Waals surface area contributed by atoms with Gasteiger partial charge in [-0.2, -0.15) is 0 Å². The van der Waals surface area contributed by atoms with Crippen LogP contribution in [0.15, 0.2) is 23.3 Å². The minimum absolute atomic E-state index is 0. The van der Waals surface area contributed by atoms with Crippen LogP contribution in [0.2, 0.25) is 0 Å². The number of hydrogen-bond acceptors (Lipinski definition) is 4. The number of pyridine rings is 1. The van der Waals surface area contributed by atoms with E-state index >= 15 is 0 Å². The number of anilines is 1. The predicted octanol–water partition coefficient (Wildman–Crippen LogP) is 1.53. The van der Waals surface area contributed by atoms with Gasteiger partial charge in [0.05, 0.1) is 6.54 Å². The summed E-state index contributed by atoms with van der Waals surface area (Å²) in [5, 5.41) is 6.51. The summed E-state index contributed by atoms with van der Waals surface area (Å²) < 4.78 is 0. The van der Waals surface area contributed by atoms with Crippen LogP contribution < -0.4 is 15.5 Å². The molecule has 0 atom stereocenters. The van der Waals surface area contributed by atoms with Crippen molar-refractivity contribution in [2.75, 3.05) is 51.2 Å². The topological polar surface area (TPSA) is 55.8 Å². The molecule has 1 aromatic heterocycles. The number of hydrogen-bond donors (Lipinski definition) is 2. The minimum atomic E-state index is 0. The lowest BCUT2D eigenvalue weighted by Crippen LogP contribution is -2.45. The van der Waals surface area contributed by atoms with Crippen LogP contribution in [0.1, 0.15) is 19.4 Å². The Morgan fingerprint density at radius 1 is 1.17 bits per heavy atom. The molecule has 0 unspecified atom stereocenters. The molecule has 6 nitrogen and oxygen atoms in total. The van der Waals surface area contributed by atoms with E-state index in [-0.39, 0.29) is 24.0 Å². The molecular formula is C16H29IN6. The highest BCUT2D eigenvalue weighted by Gasteiger charge is 2.17. The number of rotatable bonds is 5. The van der Waals surface area contributed by atoms with Crippen LogP contribution >= 0.6 is 24.0 Å². The number of likely N-dealkylation sites (N-methyl/N-ethyl adjacent to an activating group) is 1. The van der Waals surface area contributed by atoms with E-state index in [0.717, 1.165) is 51.0 Å². The van der Waals surface area contributed by atoms with Crippen LogP contribution in [0.3, 0.4) is 0 Å². The zero-order chi connectivity index (χ0) is 15.8. The smallest absolute Gasteiger partial charge is 0.191 e. The van der Waals surface area contributed by atoms with Crippen molar-refractivity contribution in [3.05, 3.63) is 23.9 Å². The molecule has 0 radical (unpaired) electrons. The van der Waals surface area contributed by atoms with Crippen molar-refractivity contribution >= 4 is 35.8 Å². The van der Waals surface area contributed by atoms with E-state index in [9.17, 15) is 0 Å². The molecule has 1 fully saturated rings. The summed E-state index contributed by atoms with van der Waals surface area (Å²) in [6, 6.07) is 4.12. The molecule has 0 bridgehead atoms. The molecule has 0 aliphatic carbocycles. The predicted molar refractivity (Wildman–Crippen MR) is 108 cm³/mol. The van der Waals surface area contributed by atoms with Crippen LogP contribution in [0.4, 0.5) is 5.82 Å². The van der Waals surface area contributed by atoms with Gasteiger partial charge in [0.1, 0.15) is 5.82 Å². The normalized spacial score (nSPS) is 14.8. The second-order valence-electron chi connectivity index (χ2n) is 5.50. The molecule has 1 aromatic rings. The average Bonchev–Trinajstić information content (AvgIpc) is 2.54. The Morgan fingerprint density at radius 2 is 1.83 bits per heavy atom. The van der Waals surface area contributed by atoms with Crippen molar-refractivity contribution in [1.29, 1.82) is 0 Å². The van der Waals surface area contributed by atoms with Crippen molar-refractivity contribution < 1.29 is 0 Å². The Kier molecular flexibility index (Phi) is 9.23. The third kappa shape index (κ3) is 6.14. The van der Waals surface area contributed by atoms with E-state index in [1.165, 1.54) is 5.56 Å². The van der Waals surface area contributed by atoms with Gasteiger partial charge < -0.3 is 20.4 Å². The van der Waals surface area contributed by atoms with Crippen molar-refractivity contribution in [3.8, 4) is 0 Å². The molecule has 0 saturated carbocycles. The fraction of sp³-hybridized carbons (Fsp3) is 0.625. The van der Waals surface area contributed by atoms with Gasteiger partial charge in [0.2, 0.25) is 0 Å². The summed E-state index contributed by atoms with van der Waals surface area (Å²) in [6.45, 7) is 10.7. The van der Waals surface area contributed by atoms with Crippen LogP contribution in [0.5, 0.6) is 0 Å². The molecule has 1 aliphatic heterocycles. The SMILES string of the molecule is CCNC(=NCc1cccnc1N1CCN(C)CC1)NCC.I. The van der Waals surface area contributed by atoms with Gasteiger partial charge in [0.25, 0.3) is 0 Å². The second-order valence-corrected chi connectivity index (χ2v) is 5.50. The molecule has 2 heterocycles. The highest BCUT2D eigenvalue weighted by Crippen LogP contribution is 2.19. The third-order valence-corrected chi connectivity index (χ3v) is 3.77. The largest absolute Gasteiger partial charge is 0.357 e. The molecule has 23 heavy (non-hydrogen) atoms. The fourth-order valence-electron chi connectivity index (χ4n) is 2.53. The lowest BCUT2D eigenvalue weighted by Gasteiger charge is -2.34. The number of aliphatic imine (C=N–C) groups is 1. The van der Waals surface area contributed by atoms with Crippen LogP contribution in [0, 0.1) is 0 Å². The van der Waals surface area contributed by atoms with Gasteiger partial charge in [-0.25, -0.2) is 9.98 Å². The summed E-state index contributed by atoms with van der Waals surface area (Å²) in [5.41, 5.74) is 1.18. The van der Waals surface area contributed by atoms with Crippen LogP contribution in [-0.2, 0) is 6.54 Å². The van der Waals surface area contributed by atoms with Crippen molar-refractivity contribution in [3.63, 3.8) is 0 Å². The van der Waals surface area contributed by atoms with Gasteiger partial charge in [0, 0.05) is 51.0 Å². The monoisotopic (exact) mass is 432 g/mol. The molecule has 2 N–H and O–H groups in total. The first-order chi connectivity index (χ1) is 10.7. The van der Waals surface area contributed by atoms with Crippen molar-refractivity contribution in [1.82, 2.24) is 20.5 Å². The number of guanidine groups is 1. The number of halogens is 1. The Labute approximate surface area is 156 Å². The number of nitrogens with zero attached hydrogens (tertiary/aromatic N) is 4. The maximum absolute atomic E-state index is 4.66. The minimum Gasteiger partial charge on any atom is -0.357 e. The van der Waals surface area contributed by atoms with E-state index in [1.807, 2.05) is 12.3 Å². The van der Waals surface area contributed by atoms with Crippen molar-refractivity contribution in [2.24, 2.45) is 4.99 Å². The molecular weight excluding hydrogens is 403 g/mol. The van der Waals surface area contributed by atoms with Gasteiger partial charge >= 0.3 is 0 Å².